The summed E-state index contributed by atoms with van der Waals surface area (Å²) in [6.07, 6.45) is -14.6. The molecule has 0 aromatic rings. The Morgan fingerprint density at radius 3 is 1.38 bits per heavy atom. The van der Waals surface area contributed by atoms with Crippen LogP contribution >= 0.6 is 0 Å². The van der Waals surface area contributed by atoms with Gasteiger partial charge < -0.3 is 5.73 Å². The van der Waals surface area contributed by atoms with Crippen LogP contribution in [-0.2, 0) is 0 Å². The molecule has 96 valence electrons. The number of halogens is 8. The number of nitrogens with two attached hydrogens (primary N) is 1. The number of rotatable bonds is 1. The van der Waals surface area contributed by atoms with Crippen molar-refractivity contribution in [2.45, 2.75) is 36.7 Å². The summed E-state index contributed by atoms with van der Waals surface area (Å²) >= 11 is 0. The van der Waals surface area contributed by atoms with Crippen molar-refractivity contribution in [2.75, 3.05) is 0 Å². The van der Waals surface area contributed by atoms with E-state index in [-0.39, 0.29) is 0 Å². The molecule has 1 saturated carbocycles. The molecule has 0 bridgehead atoms. The van der Waals surface area contributed by atoms with E-state index < -0.39 is 42.6 Å². The fraction of sp³-hybridized carbons (Fsp3) is 1.00. The van der Waals surface area contributed by atoms with Crippen molar-refractivity contribution in [1.29, 1.82) is 0 Å². The first-order valence-electron chi connectivity index (χ1n) is 4.08. The summed E-state index contributed by atoms with van der Waals surface area (Å²) in [5.74, 6) is -7.46. The molecule has 0 aliphatic heterocycles. The van der Waals surface area contributed by atoms with Crippen LogP contribution in [-0.4, -0.2) is 23.8 Å². The molecule has 2 N–H and O–H groups in total. The van der Waals surface area contributed by atoms with Gasteiger partial charge in [0.2, 0.25) is 0 Å². The van der Waals surface area contributed by atoms with E-state index >= 15 is 0 Å². The second-order valence-electron chi connectivity index (χ2n) is 3.96. The first kappa shape index (κ1) is 13.5. The highest BCUT2D eigenvalue weighted by Crippen LogP contribution is 2.56. The van der Waals surface area contributed by atoms with Crippen molar-refractivity contribution in [2.24, 2.45) is 11.7 Å². The second kappa shape index (κ2) is 3.21. The maximum atomic E-state index is 12.4. The van der Waals surface area contributed by atoms with Gasteiger partial charge in [-0.2, -0.15) is 26.3 Å². The highest BCUT2D eigenvalue weighted by molar-refractivity contribution is 5.10. The third kappa shape index (κ3) is 2.38. The Morgan fingerprint density at radius 2 is 1.19 bits per heavy atom. The number of alkyl halides is 8. The minimum Gasteiger partial charge on any atom is -0.324 e. The molecule has 1 aliphatic carbocycles. The Bertz CT molecular complexity index is 255. The van der Waals surface area contributed by atoms with Gasteiger partial charge in [-0.3, -0.25) is 0 Å². The lowest BCUT2D eigenvalue weighted by atomic mass is 9.65. The summed E-state index contributed by atoms with van der Waals surface area (Å²) in [6.45, 7) is 0. The largest absolute Gasteiger partial charge is 0.402 e. The quantitative estimate of drug-likeness (QED) is 0.718. The number of hydrogen-bond acceptors (Lipinski definition) is 1. The Balaban J connectivity index is 2.98. The average molecular weight is 257 g/mol. The van der Waals surface area contributed by atoms with E-state index in [1.54, 1.807) is 0 Å². The lowest BCUT2D eigenvalue weighted by molar-refractivity contribution is -0.324. The van der Waals surface area contributed by atoms with E-state index in [0.29, 0.717) is 0 Å². The SMILES string of the molecule is NC1(C(C(F)(F)F)C(F)(F)F)CC(F)(F)C1. The highest BCUT2D eigenvalue weighted by Gasteiger charge is 2.72. The molecule has 0 aromatic heterocycles. The lowest BCUT2D eigenvalue weighted by Gasteiger charge is -2.49. The van der Waals surface area contributed by atoms with E-state index in [1.165, 1.54) is 0 Å². The second-order valence-corrected chi connectivity index (χ2v) is 3.96. The summed E-state index contributed by atoms with van der Waals surface area (Å²) in [5, 5.41) is 0. The van der Waals surface area contributed by atoms with E-state index in [9.17, 15) is 35.1 Å². The zero-order valence-corrected chi connectivity index (χ0v) is 7.59. The van der Waals surface area contributed by atoms with E-state index in [1.807, 2.05) is 0 Å². The van der Waals surface area contributed by atoms with Crippen LogP contribution in [0.5, 0.6) is 0 Å². The monoisotopic (exact) mass is 257 g/mol. The maximum absolute atomic E-state index is 12.4. The molecule has 1 nitrogen and oxygen atoms in total. The maximum Gasteiger partial charge on any atom is 0.402 e. The molecule has 0 aromatic carbocycles. The van der Waals surface area contributed by atoms with Crippen molar-refractivity contribution in [1.82, 2.24) is 0 Å². The van der Waals surface area contributed by atoms with Gasteiger partial charge in [0.15, 0.2) is 5.92 Å². The third-order valence-corrected chi connectivity index (χ3v) is 2.41. The standard InChI is InChI=1S/C7H7F8N/c8-5(9)1-4(16,2-5)3(6(10,11)12)7(13,14)15/h3H,1-2,16H2. The Labute approximate surface area is 84.6 Å². The fourth-order valence-corrected chi connectivity index (χ4v) is 1.95. The highest BCUT2D eigenvalue weighted by atomic mass is 19.4. The van der Waals surface area contributed by atoms with Crippen LogP contribution in [0, 0.1) is 5.92 Å². The summed E-state index contributed by atoms with van der Waals surface area (Å²) in [6, 6.07) is 0. The van der Waals surface area contributed by atoms with Gasteiger partial charge in [0.05, 0.1) is 0 Å². The molecule has 0 radical (unpaired) electrons. The van der Waals surface area contributed by atoms with Crippen LogP contribution in [0.15, 0.2) is 0 Å². The molecule has 0 atom stereocenters. The van der Waals surface area contributed by atoms with Crippen LogP contribution < -0.4 is 5.73 Å². The van der Waals surface area contributed by atoms with Gasteiger partial charge >= 0.3 is 12.4 Å². The Hall–Kier alpha value is -0.600. The summed E-state index contributed by atoms with van der Waals surface area (Å²) in [5.41, 5.74) is 1.82. The number of hydrogen-bond donors (Lipinski definition) is 1. The molecular weight excluding hydrogens is 250 g/mol. The Morgan fingerprint density at radius 1 is 0.875 bits per heavy atom. The van der Waals surface area contributed by atoms with Gasteiger partial charge in [0, 0.05) is 18.4 Å². The topological polar surface area (TPSA) is 26.0 Å². The molecule has 1 fully saturated rings. The van der Waals surface area contributed by atoms with Crippen molar-refractivity contribution < 1.29 is 35.1 Å². The van der Waals surface area contributed by atoms with Gasteiger partial charge in [0.1, 0.15) is 0 Å². The van der Waals surface area contributed by atoms with Gasteiger partial charge in [-0.1, -0.05) is 0 Å². The molecule has 0 heterocycles. The first-order valence-corrected chi connectivity index (χ1v) is 4.08. The van der Waals surface area contributed by atoms with E-state index in [2.05, 4.69) is 0 Å². The molecule has 0 amide bonds. The summed E-state index contributed by atoms with van der Waals surface area (Å²) < 4.78 is 97.5. The minimum absolute atomic E-state index is 1.61. The van der Waals surface area contributed by atoms with Crippen molar-refractivity contribution >= 4 is 0 Å². The molecular formula is C7H7F8N. The molecule has 0 saturated heterocycles. The third-order valence-electron chi connectivity index (χ3n) is 2.41. The lowest BCUT2D eigenvalue weighted by Crippen LogP contribution is -2.68. The van der Waals surface area contributed by atoms with Crippen LogP contribution in [0.4, 0.5) is 35.1 Å². The smallest absolute Gasteiger partial charge is 0.324 e. The first-order chi connectivity index (χ1) is 6.78. The molecule has 16 heavy (non-hydrogen) atoms. The van der Waals surface area contributed by atoms with Crippen molar-refractivity contribution in [3.63, 3.8) is 0 Å². The van der Waals surface area contributed by atoms with Gasteiger partial charge in [-0.25, -0.2) is 8.78 Å². The molecule has 9 heteroatoms. The molecule has 1 rings (SSSR count). The predicted octanol–water partition coefficient (Wildman–Crippen LogP) is 2.85. The molecule has 1 aliphatic rings. The summed E-state index contributed by atoms with van der Waals surface area (Å²) in [4.78, 5) is 0. The normalized spacial score (nSPS) is 24.4. The van der Waals surface area contributed by atoms with E-state index in [4.69, 9.17) is 5.73 Å². The van der Waals surface area contributed by atoms with Gasteiger partial charge in [-0.15, -0.1) is 0 Å². The van der Waals surface area contributed by atoms with Crippen molar-refractivity contribution in [3.05, 3.63) is 0 Å². The summed E-state index contributed by atoms with van der Waals surface area (Å²) in [7, 11) is 0. The van der Waals surface area contributed by atoms with Crippen LogP contribution in [0.2, 0.25) is 0 Å². The van der Waals surface area contributed by atoms with Gasteiger partial charge in [-0.05, 0) is 0 Å². The van der Waals surface area contributed by atoms with Crippen molar-refractivity contribution in [3.8, 4) is 0 Å². The molecule has 0 unspecified atom stereocenters. The zero-order chi connectivity index (χ0) is 13.0. The minimum atomic E-state index is -5.68. The van der Waals surface area contributed by atoms with Crippen LogP contribution in [0.1, 0.15) is 12.8 Å². The van der Waals surface area contributed by atoms with Gasteiger partial charge in [0.25, 0.3) is 5.92 Å². The zero-order valence-electron chi connectivity index (χ0n) is 7.59. The fourth-order valence-electron chi connectivity index (χ4n) is 1.95. The Kier molecular flexibility index (Phi) is 2.70. The molecule has 0 spiro atoms. The van der Waals surface area contributed by atoms with E-state index in [0.717, 1.165) is 0 Å². The van der Waals surface area contributed by atoms with Crippen LogP contribution in [0.3, 0.4) is 0 Å². The predicted molar refractivity (Wildman–Crippen MR) is 36.7 cm³/mol. The average Bonchev–Trinajstić information content (AvgIpc) is 1.69. The van der Waals surface area contributed by atoms with Crippen LogP contribution in [0.25, 0.3) is 0 Å².